The molecule has 1 saturated carbocycles. The number of ether oxygens (including phenoxy) is 1. The summed E-state index contributed by atoms with van der Waals surface area (Å²) in [5, 5.41) is 0. The summed E-state index contributed by atoms with van der Waals surface area (Å²) in [5.74, 6) is 8.80. The number of rotatable bonds is 2. The average molecular weight is 254 g/mol. The lowest BCUT2D eigenvalue weighted by molar-refractivity contribution is 0.330. The number of allylic oxidation sites excluding steroid dienone is 2. The van der Waals surface area contributed by atoms with Crippen LogP contribution in [-0.4, -0.2) is 7.11 Å². The summed E-state index contributed by atoms with van der Waals surface area (Å²) in [6.45, 7) is 2.35. The first-order chi connectivity index (χ1) is 9.28. The van der Waals surface area contributed by atoms with Gasteiger partial charge in [-0.05, 0) is 55.0 Å². The van der Waals surface area contributed by atoms with Crippen LogP contribution in [0.3, 0.4) is 0 Å². The third-order valence-electron chi connectivity index (χ3n) is 3.82. The Hall–Kier alpha value is -1.68. The van der Waals surface area contributed by atoms with Crippen LogP contribution in [-0.2, 0) is 0 Å². The summed E-state index contributed by atoms with van der Waals surface area (Å²) >= 11 is 0. The summed E-state index contributed by atoms with van der Waals surface area (Å²) in [5.41, 5.74) is 1.03. The van der Waals surface area contributed by atoms with Crippen molar-refractivity contribution in [1.29, 1.82) is 0 Å². The quantitative estimate of drug-likeness (QED) is 0.709. The maximum Gasteiger partial charge on any atom is 0.118 e. The molecule has 0 amide bonds. The molecule has 0 radical (unpaired) electrons. The van der Waals surface area contributed by atoms with E-state index in [1.54, 1.807) is 7.11 Å². The monoisotopic (exact) mass is 254 g/mol. The molecule has 0 aliphatic heterocycles. The summed E-state index contributed by atoms with van der Waals surface area (Å²) in [4.78, 5) is 0. The zero-order valence-corrected chi connectivity index (χ0v) is 11.9. The molecule has 100 valence electrons. The van der Waals surface area contributed by atoms with Gasteiger partial charge < -0.3 is 4.74 Å². The Labute approximate surface area is 116 Å². The first-order valence-corrected chi connectivity index (χ1v) is 7.10. The Morgan fingerprint density at radius 3 is 2.42 bits per heavy atom. The lowest BCUT2D eigenvalue weighted by Gasteiger charge is -2.23. The van der Waals surface area contributed by atoms with Crippen molar-refractivity contribution < 1.29 is 4.74 Å². The van der Waals surface area contributed by atoms with Crippen LogP contribution in [0.1, 0.15) is 38.2 Å². The van der Waals surface area contributed by atoms with Crippen molar-refractivity contribution in [2.75, 3.05) is 7.11 Å². The zero-order chi connectivity index (χ0) is 13.5. The highest BCUT2D eigenvalue weighted by Gasteiger charge is 2.15. The van der Waals surface area contributed by atoms with E-state index < -0.39 is 0 Å². The molecule has 1 aliphatic rings. The van der Waals surface area contributed by atoms with Gasteiger partial charge in [0.25, 0.3) is 0 Å². The molecule has 19 heavy (non-hydrogen) atoms. The van der Waals surface area contributed by atoms with Crippen LogP contribution in [0.2, 0.25) is 0 Å². The van der Waals surface area contributed by atoms with Crippen molar-refractivity contribution >= 4 is 0 Å². The molecule has 0 aromatic heterocycles. The fourth-order valence-corrected chi connectivity index (χ4v) is 2.46. The van der Waals surface area contributed by atoms with E-state index in [1.807, 2.05) is 30.3 Å². The van der Waals surface area contributed by atoms with Gasteiger partial charge in [-0.2, -0.15) is 0 Å². The third-order valence-corrected chi connectivity index (χ3v) is 3.82. The molecule has 1 fully saturated rings. The van der Waals surface area contributed by atoms with E-state index in [9.17, 15) is 0 Å². The maximum absolute atomic E-state index is 5.12. The minimum absolute atomic E-state index is 0.737. The van der Waals surface area contributed by atoms with Gasteiger partial charge in [-0.3, -0.25) is 0 Å². The molecule has 1 aromatic rings. The van der Waals surface area contributed by atoms with Crippen LogP contribution in [0.25, 0.3) is 0 Å². The van der Waals surface area contributed by atoms with Crippen LogP contribution in [0.5, 0.6) is 5.75 Å². The standard InChI is InChI=1S/C18H22O/c1-15-7-9-16(10-8-15)5-3-4-6-17-11-13-18(19-2)14-12-17/h3,5,11-16H,7-10H2,1-2H3/b5-3+. The number of methoxy groups -OCH3 is 1. The van der Waals surface area contributed by atoms with E-state index in [0.717, 1.165) is 23.1 Å². The van der Waals surface area contributed by atoms with Crippen LogP contribution in [0.4, 0.5) is 0 Å². The molecule has 1 aliphatic carbocycles. The zero-order valence-electron chi connectivity index (χ0n) is 11.9. The van der Waals surface area contributed by atoms with Gasteiger partial charge in [-0.25, -0.2) is 0 Å². The van der Waals surface area contributed by atoms with E-state index in [4.69, 9.17) is 4.74 Å². The van der Waals surface area contributed by atoms with Gasteiger partial charge in [0.2, 0.25) is 0 Å². The number of hydrogen-bond acceptors (Lipinski definition) is 1. The molecule has 0 spiro atoms. The maximum atomic E-state index is 5.12. The number of benzene rings is 1. The topological polar surface area (TPSA) is 9.23 Å². The molecule has 0 bridgehead atoms. The predicted octanol–water partition coefficient (Wildman–Crippen LogP) is 4.43. The molecule has 0 N–H and O–H groups in total. The van der Waals surface area contributed by atoms with E-state index in [-0.39, 0.29) is 0 Å². The van der Waals surface area contributed by atoms with Crippen molar-refractivity contribution in [3.63, 3.8) is 0 Å². The van der Waals surface area contributed by atoms with Gasteiger partial charge in [0, 0.05) is 5.56 Å². The minimum Gasteiger partial charge on any atom is -0.497 e. The first-order valence-electron chi connectivity index (χ1n) is 7.10. The van der Waals surface area contributed by atoms with Crippen LogP contribution >= 0.6 is 0 Å². The first kappa shape index (κ1) is 13.7. The van der Waals surface area contributed by atoms with E-state index in [2.05, 4.69) is 24.8 Å². The lowest BCUT2D eigenvalue weighted by atomic mass is 9.83. The predicted molar refractivity (Wildman–Crippen MR) is 80.1 cm³/mol. The summed E-state index contributed by atoms with van der Waals surface area (Å²) in [6.07, 6.45) is 9.67. The summed E-state index contributed by atoms with van der Waals surface area (Å²) in [7, 11) is 1.68. The molecule has 2 rings (SSSR count). The van der Waals surface area contributed by atoms with Gasteiger partial charge in [-0.15, -0.1) is 0 Å². The molecule has 0 atom stereocenters. The van der Waals surface area contributed by atoms with Crippen LogP contribution in [0.15, 0.2) is 36.4 Å². The molecule has 1 aromatic carbocycles. The summed E-state index contributed by atoms with van der Waals surface area (Å²) in [6, 6.07) is 7.86. The van der Waals surface area contributed by atoms with Gasteiger partial charge in [0.1, 0.15) is 5.75 Å². The van der Waals surface area contributed by atoms with Gasteiger partial charge in [0.05, 0.1) is 7.11 Å². The smallest absolute Gasteiger partial charge is 0.118 e. The third kappa shape index (κ3) is 4.48. The Morgan fingerprint density at radius 2 is 1.79 bits per heavy atom. The largest absolute Gasteiger partial charge is 0.497 e. The lowest BCUT2D eigenvalue weighted by Crippen LogP contribution is -2.09. The van der Waals surface area contributed by atoms with Crippen molar-refractivity contribution in [2.45, 2.75) is 32.6 Å². The van der Waals surface area contributed by atoms with E-state index in [1.165, 1.54) is 25.7 Å². The Morgan fingerprint density at radius 1 is 1.11 bits per heavy atom. The highest BCUT2D eigenvalue weighted by atomic mass is 16.5. The van der Waals surface area contributed by atoms with Crippen molar-refractivity contribution in [3.05, 3.63) is 42.0 Å². The highest BCUT2D eigenvalue weighted by molar-refractivity contribution is 5.40. The second kappa shape index (κ2) is 7.04. The van der Waals surface area contributed by atoms with Crippen LogP contribution in [0, 0.1) is 23.7 Å². The SMILES string of the molecule is COc1ccc(C#C/C=C/C2CCC(C)CC2)cc1. The molecule has 1 nitrogen and oxygen atoms in total. The molecule has 0 saturated heterocycles. The Kier molecular flexibility index (Phi) is 5.10. The Balaban J connectivity index is 1.86. The number of hydrogen-bond donors (Lipinski definition) is 0. The van der Waals surface area contributed by atoms with Crippen molar-refractivity contribution in [2.24, 2.45) is 11.8 Å². The minimum atomic E-state index is 0.737. The average Bonchev–Trinajstić information content (AvgIpc) is 2.46. The molecule has 0 heterocycles. The van der Waals surface area contributed by atoms with Gasteiger partial charge >= 0.3 is 0 Å². The summed E-state index contributed by atoms with van der Waals surface area (Å²) < 4.78 is 5.12. The molecule has 0 unspecified atom stereocenters. The van der Waals surface area contributed by atoms with Gasteiger partial charge in [0.15, 0.2) is 0 Å². The fraction of sp³-hybridized carbons (Fsp3) is 0.444. The molecular formula is C18H22O. The highest BCUT2D eigenvalue weighted by Crippen LogP contribution is 2.28. The van der Waals surface area contributed by atoms with E-state index >= 15 is 0 Å². The van der Waals surface area contributed by atoms with E-state index in [0.29, 0.717) is 0 Å². The molecule has 1 heteroatoms. The van der Waals surface area contributed by atoms with Crippen molar-refractivity contribution in [1.82, 2.24) is 0 Å². The fourth-order valence-electron chi connectivity index (χ4n) is 2.46. The Bertz CT molecular complexity index is 465. The second-order valence-corrected chi connectivity index (χ2v) is 5.38. The van der Waals surface area contributed by atoms with Crippen molar-refractivity contribution in [3.8, 4) is 17.6 Å². The normalized spacial score (nSPS) is 22.8. The molecular weight excluding hydrogens is 232 g/mol. The van der Waals surface area contributed by atoms with Gasteiger partial charge in [-0.1, -0.05) is 37.7 Å². The van der Waals surface area contributed by atoms with Crippen LogP contribution < -0.4 is 4.74 Å². The second-order valence-electron chi connectivity index (χ2n) is 5.38.